The summed E-state index contributed by atoms with van der Waals surface area (Å²) in [6, 6.07) is 0. The van der Waals surface area contributed by atoms with E-state index in [1.54, 1.807) is 0 Å². The summed E-state index contributed by atoms with van der Waals surface area (Å²) >= 11 is 0. The lowest BCUT2D eigenvalue weighted by atomic mass is 9.88. The first-order valence-electron chi connectivity index (χ1n) is 7.94. The van der Waals surface area contributed by atoms with Crippen molar-refractivity contribution in [2.24, 2.45) is 11.8 Å². The summed E-state index contributed by atoms with van der Waals surface area (Å²) in [7, 11) is 0. The average Bonchev–Trinajstić information content (AvgIpc) is 2.65. The fourth-order valence-electron chi connectivity index (χ4n) is 2.81. The SMILES string of the molecule is CC(C(=O)NCCC(=O)N1CCCCCC1)C1CNC1.Cl. The van der Waals surface area contributed by atoms with E-state index in [2.05, 4.69) is 10.6 Å². The Labute approximate surface area is 133 Å². The van der Waals surface area contributed by atoms with Gasteiger partial charge in [-0.15, -0.1) is 12.4 Å². The molecule has 1 atom stereocenters. The third kappa shape index (κ3) is 5.47. The molecule has 6 heteroatoms. The summed E-state index contributed by atoms with van der Waals surface area (Å²) in [6.45, 7) is 6.08. The molecular formula is C15H28ClN3O2. The minimum Gasteiger partial charge on any atom is -0.355 e. The second-order valence-corrected chi connectivity index (χ2v) is 6.04. The normalized spacial score (nSPS) is 20.7. The van der Waals surface area contributed by atoms with Gasteiger partial charge in [0.25, 0.3) is 0 Å². The highest BCUT2D eigenvalue weighted by atomic mass is 35.5. The Hall–Kier alpha value is -0.810. The summed E-state index contributed by atoms with van der Waals surface area (Å²) in [5.41, 5.74) is 0. The maximum absolute atomic E-state index is 12.1. The second kappa shape index (κ2) is 9.26. The van der Waals surface area contributed by atoms with Gasteiger partial charge in [-0.1, -0.05) is 19.8 Å². The largest absolute Gasteiger partial charge is 0.355 e. The van der Waals surface area contributed by atoms with Crippen LogP contribution in [0, 0.1) is 11.8 Å². The molecule has 1 unspecified atom stereocenters. The van der Waals surface area contributed by atoms with E-state index < -0.39 is 0 Å². The van der Waals surface area contributed by atoms with Crippen molar-refractivity contribution in [2.75, 3.05) is 32.7 Å². The first kappa shape index (κ1) is 18.2. The smallest absolute Gasteiger partial charge is 0.224 e. The highest BCUT2D eigenvalue weighted by molar-refractivity contribution is 5.85. The minimum atomic E-state index is 0. The standard InChI is InChI=1S/C15H27N3O2.ClH/c1-12(13-10-16-11-13)15(20)17-7-6-14(19)18-8-4-2-3-5-9-18;/h12-13,16H,2-11H2,1H3,(H,17,20);1H. The molecule has 21 heavy (non-hydrogen) atoms. The number of hydrogen-bond donors (Lipinski definition) is 2. The van der Waals surface area contributed by atoms with E-state index in [1.807, 2.05) is 11.8 Å². The van der Waals surface area contributed by atoms with E-state index in [1.165, 1.54) is 12.8 Å². The summed E-state index contributed by atoms with van der Waals surface area (Å²) in [6.07, 6.45) is 5.12. The monoisotopic (exact) mass is 317 g/mol. The Bertz CT molecular complexity index is 340. The number of carbonyl (C=O) groups is 2. The van der Waals surface area contributed by atoms with E-state index in [-0.39, 0.29) is 30.1 Å². The molecule has 0 aromatic carbocycles. The average molecular weight is 318 g/mol. The van der Waals surface area contributed by atoms with Crippen LogP contribution in [0.15, 0.2) is 0 Å². The van der Waals surface area contributed by atoms with Gasteiger partial charge in [0.05, 0.1) is 0 Å². The van der Waals surface area contributed by atoms with Gasteiger partial charge in [-0.25, -0.2) is 0 Å². The van der Waals surface area contributed by atoms with Crippen LogP contribution in [-0.2, 0) is 9.59 Å². The predicted molar refractivity (Wildman–Crippen MR) is 85.4 cm³/mol. The van der Waals surface area contributed by atoms with Gasteiger partial charge in [-0.2, -0.15) is 0 Å². The summed E-state index contributed by atoms with van der Waals surface area (Å²) in [5.74, 6) is 0.770. The van der Waals surface area contributed by atoms with Crippen molar-refractivity contribution < 1.29 is 9.59 Å². The fraction of sp³-hybridized carbons (Fsp3) is 0.867. The van der Waals surface area contributed by atoms with Gasteiger partial charge < -0.3 is 15.5 Å². The van der Waals surface area contributed by atoms with Crippen LogP contribution >= 0.6 is 12.4 Å². The zero-order chi connectivity index (χ0) is 14.4. The Morgan fingerprint density at radius 3 is 2.33 bits per heavy atom. The van der Waals surface area contributed by atoms with Gasteiger partial charge in [-0.3, -0.25) is 9.59 Å². The lowest BCUT2D eigenvalue weighted by molar-refractivity contribution is -0.131. The zero-order valence-electron chi connectivity index (χ0n) is 12.9. The quantitative estimate of drug-likeness (QED) is 0.800. The second-order valence-electron chi connectivity index (χ2n) is 6.04. The molecule has 122 valence electrons. The molecule has 0 aromatic rings. The topological polar surface area (TPSA) is 61.4 Å². The van der Waals surface area contributed by atoms with Crippen LogP contribution in [0.25, 0.3) is 0 Å². The first-order chi connectivity index (χ1) is 9.68. The lowest BCUT2D eigenvalue weighted by Crippen LogP contribution is -2.49. The van der Waals surface area contributed by atoms with Crippen molar-refractivity contribution >= 4 is 24.2 Å². The predicted octanol–water partition coefficient (Wildman–Crippen LogP) is 1.17. The van der Waals surface area contributed by atoms with Gasteiger partial charge in [0.2, 0.25) is 11.8 Å². The Morgan fingerprint density at radius 1 is 1.19 bits per heavy atom. The number of hydrogen-bond acceptors (Lipinski definition) is 3. The highest BCUT2D eigenvalue weighted by Gasteiger charge is 2.28. The van der Waals surface area contributed by atoms with E-state index in [0.717, 1.165) is 39.0 Å². The van der Waals surface area contributed by atoms with E-state index in [9.17, 15) is 9.59 Å². The summed E-state index contributed by atoms with van der Waals surface area (Å²) in [5, 5.41) is 6.08. The van der Waals surface area contributed by atoms with E-state index >= 15 is 0 Å². The molecule has 0 bridgehead atoms. The van der Waals surface area contributed by atoms with Crippen LogP contribution in [0.5, 0.6) is 0 Å². The Morgan fingerprint density at radius 2 is 1.81 bits per heavy atom. The van der Waals surface area contributed by atoms with Crippen molar-refractivity contribution in [3.63, 3.8) is 0 Å². The molecule has 5 nitrogen and oxygen atoms in total. The molecule has 0 spiro atoms. The third-order valence-electron chi connectivity index (χ3n) is 4.53. The van der Waals surface area contributed by atoms with Gasteiger partial charge in [0.1, 0.15) is 0 Å². The van der Waals surface area contributed by atoms with Crippen molar-refractivity contribution in [2.45, 2.75) is 39.0 Å². The molecule has 2 N–H and O–H groups in total. The Balaban J connectivity index is 0.00000220. The number of halogens is 1. The molecular weight excluding hydrogens is 290 g/mol. The van der Waals surface area contributed by atoms with Crippen LogP contribution in [-0.4, -0.2) is 49.4 Å². The van der Waals surface area contributed by atoms with Crippen LogP contribution in [0.4, 0.5) is 0 Å². The fourth-order valence-corrected chi connectivity index (χ4v) is 2.81. The summed E-state index contributed by atoms with van der Waals surface area (Å²) < 4.78 is 0. The van der Waals surface area contributed by atoms with Gasteiger partial charge in [0, 0.05) is 32.0 Å². The first-order valence-corrected chi connectivity index (χ1v) is 7.94. The van der Waals surface area contributed by atoms with Gasteiger partial charge >= 0.3 is 0 Å². The molecule has 0 aliphatic carbocycles. The number of carbonyl (C=O) groups excluding carboxylic acids is 2. The number of nitrogens with one attached hydrogen (secondary N) is 2. The minimum absolute atomic E-state index is 0. The maximum atomic E-state index is 12.1. The molecule has 2 saturated heterocycles. The lowest BCUT2D eigenvalue weighted by Gasteiger charge is -2.31. The molecule has 0 radical (unpaired) electrons. The van der Waals surface area contributed by atoms with Crippen molar-refractivity contribution in [1.29, 1.82) is 0 Å². The Kier molecular flexibility index (Phi) is 8.04. The third-order valence-corrected chi connectivity index (χ3v) is 4.53. The maximum Gasteiger partial charge on any atom is 0.224 e. The zero-order valence-corrected chi connectivity index (χ0v) is 13.7. The van der Waals surface area contributed by atoms with Crippen LogP contribution in [0.3, 0.4) is 0 Å². The van der Waals surface area contributed by atoms with Crippen LogP contribution < -0.4 is 10.6 Å². The number of nitrogens with zero attached hydrogens (tertiary/aromatic N) is 1. The molecule has 0 aromatic heterocycles. The molecule has 0 saturated carbocycles. The van der Waals surface area contributed by atoms with Crippen molar-refractivity contribution in [1.82, 2.24) is 15.5 Å². The highest BCUT2D eigenvalue weighted by Crippen LogP contribution is 2.15. The molecule has 2 aliphatic rings. The van der Waals surface area contributed by atoms with Gasteiger partial charge in [-0.05, 0) is 31.8 Å². The van der Waals surface area contributed by atoms with Crippen molar-refractivity contribution in [3.8, 4) is 0 Å². The van der Waals surface area contributed by atoms with Crippen LogP contribution in [0.1, 0.15) is 39.0 Å². The van der Waals surface area contributed by atoms with Gasteiger partial charge in [0.15, 0.2) is 0 Å². The molecule has 2 rings (SSSR count). The molecule has 2 heterocycles. The molecule has 2 fully saturated rings. The number of rotatable bonds is 5. The van der Waals surface area contributed by atoms with E-state index in [0.29, 0.717) is 18.9 Å². The molecule has 2 amide bonds. The number of likely N-dealkylation sites (tertiary alicyclic amines) is 1. The van der Waals surface area contributed by atoms with Crippen LogP contribution in [0.2, 0.25) is 0 Å². The molecule has 2 aliphatic heterocycles. The van der Waals surface area contributed by atoms with Crippen molar-refractivity contribution in [3.05, 3.63) is 0 Å². The van der Waals surface area contributed by atoms with E-state index in [4.69, 9.17) is 0 Å². The number of amides is 2. The summed E-state index contributed by atoms with van der Waals surface area (Å²) in [4.78, 5) is 26.0.